The zero-order valence-corrected chi connectivity index (χ0v) is 28.4. The first-order valence-electron chi connectivity index (χ1n) is 16.5. The molecule has 14 nitrogen and oxygen atoms in total. The number of amides is 4. The van der Waals surface area contributed by atoms with Crippen molar-refractivity contribution in [2.24, 2.45) is 18.9 Å². The van der Waals surface area contributed by atoms with Gasteiger partial charge in [0.15, 0.2) is 5.82 Å². The molecular weight excluding hydrogens is 695 g/mol. The second-order valence-corrected chi connectivity index (χ2v) is 15.0. The lowest BCUT2D eigenvalue weighted by Crippen LogP contribution is -2.44. The number of phenols is 1. The van der Waals surface area contributed by atoms with Gasteiger partial charge in [0.05, 0.1) is 11.0 Å². The fourth-order valence-electron chi connectivity index (χ4n) is 7.24. The largest absolute Gasteiger partial charge is 0.506 e. The van der Waals surface area contributed by atoms with E-state index >= 15 is 4.39 Å². The summed E-state index contributed by atoms with van der Waals surface area (Å²) in [5.74, 6) is -3.68. The number of nitrogens with zero attached hydrogens (tertiary/aromatic N) is 3. The molecule has 4 N–H and O–H groups in total. The Morgan fingerprint density at radius 3 is 2.42 bits per heavy atom. The molecule has 0 spiro atoms. The van der Waals surface area contributed by atoms with Gasteiger partial charge in [0.2, 0.25) is 17.7 Å². The summed E-state index contributed by atoms with van der Waals surface area (Å²) in [6, 6.07) is 18.3. The van der Waals surface area contributed by atoms with Crippen molar-refractivity contribution in [3.05, 3.63) is 88.6 Å². The van der Waals surface area contributed by atoms with Crippen LogP contribution in [0, 0.1) is 17.7 Å². The second-order valence-electron chi connectivity index (χ2n) is 13.4. The molecule has 52 heavy (non-hydrogen) atoms. The van der Waals surface area contributed by atoms with Crippen LogP contribution in [0.5, 0.6) is 5.75 Å². The van der Waals surface area contributed by atoms with Gasteiger partial charge in [0.1, 0.15) is 24.0 Å². The summed E-state index contributed by atoms with van der Waals surface area (Å²) in [6.45, 7) is -0.663. The molecule has 1 aromatic heterocycles. The predicted molar refractivity (Wildman–Crippen MR) is 188 cm³/mol. The Hall–Kier alpha value is -6.03. The molecule has 5 aromatic rings. The Morgan fingerprint density at radius 2 is 1.71 bits per heavy atom. The molecule has 0 radical (unpaired) electrons. The number of carbonyl (C=O) groups is 4. The summed E-state index contributed by atoms with van der Waals surface area (Å²) >= 11 is 0. The number of imidazole rings is 1. The number of piperidine rings is 1. The van der Waals surface area contributed by atoms with Crippen LogP contribution in [0.25, 0.3) is 32.9 Å². The van der Waals surface area contributed by atoms with Gasteiger partial charge in [-0.2, -0.15) is 8.42 Å². The fraction of sp³-hybridized carbons (Fsp3) is 0.250. The number of aromatic nitrogens is 2. The van der Waals surface area contributed by atoms with E-state index in [-0.39, 0.29) is 53.0 Å². The average Bonchev–Trinajstić information content (AvgIpc) is 3.75. The molecule has 0 bridgehead atoms. The molecule has 3 atom stereocenters. The van der Waals surface area contributed by atoms with Crippen LogP contribution in [0.2, 0.25) is 0 Å². The summed E-state index contributed by atoms with van der Waals surface area (Å²) in [4.78, 5) is 62.0. The van der Waals surface area contributed by atoms with Crippen molar-refractivity contribution in [2.45, 2.75) is 31.7 Å². The molecule has 266 valence electrons. The molecule has 1 unspecified atom stereocenters. The number of halogens is 1. The summed E-state index contributed by atoms with van der Waals surface area (Å²) < 4.78 is 45.0. The molecule has 1 aliphatic carbocycles. The standard InChI is InChI=1S/C36H31FN6O8S/c1-41-28-15-20(6-9-26(28)43(36(41)49)27-10-11-30(45)39-35(27)48)19-4-2-18(3-5-19)12-21-14-25(21)34(47)38-23-7-8-24-22(13-23)16-29(44)33(32(24)37)42-17-31(46)40-52(42,50)51/h2-9,13,15-16,21,25,27,44H,10-12,14,17H2,1H3,(H,38,47)(H,40,46)(H,39,45,48)/t21-,25-,27?/m1/s1. The van der Waals surface area contributed by atoms with Gasteiger partial charge >= 0.3 is 15.9 Å². The Labute approximate surface area is 295 Å². The topological polar surface area (TPSA) is 189 Å². The molecule has 8 rings (SSSR count). The Morgan fingerprint density at radius 1 is 0.962 bits per heavy atom. The van der Waals surface area contributed by atoms with Gasteiger partial charge < -0.3 is 10.4 Å². The summed E-state index contributed by atoms with van der Waals surface area (Å²) in [5, 5.41) is 15.9. The van der Waals surface area contributed by atoms with Crippen molar-refractivity contribution in [1.29, 1.82) is 0 Å². The molecule has 3 aliphatic rings. The van der Waals surface area contributed by atoms with Gasteiger partial charge in [0, 0.05) is 30.5 Å². The SMILES string of the molecule is Cn1c(=O)n(C2CCC(=O)NC2=O)c2ccc(-c3ccc(C[C@@H]4C[C@H]4C(=O)Nc4ccc5c(F)c(N6CC(=O)NS6(=O)=O)c(O)cc5c4)cc3)cc21. The van der Waals surface area contributed by atoms with E-state index in [0.29, 0.717) is 33.9 Å². The van der Waals surface area contributed by atoms with Crippen LogP contribution in [0.15, 0.2) is 71.5 Å². The van der Waals surface area contributed by atoms with Crippen molar-refractivity contribution in [1.82, 2.24) is 19.2 Å². The number of rotatable bonds is 7. The fourth-order valence-corrected chi connectivity index (χ4v) is 8.40. The third-order valence-electron chi connectivity index (χ3n) is 10.0. The highest BCUT2D eigenvalue weighted by atomic mass is 32.2. The highest BCUT2D eigenvalue weighted by molar-refractivity contribution is 7.92. The third-order valence-corrected chi connectivity index (χ3v) is 11.4. The first-order valence-corrected chi connectivity index (χ1v) is 18.0. The van der Waals surface area contributed by atoms with E-state index in [9.17, 15) is 37.5 Å². The van der Waals surface area contributed by atoms with Crippen LogP contribution in [-0.2, 0) is 42.9 Å². The number of imide groups is 1. The van der Waals surface area contributed by atoms with Crippen LogP contribution < -0.4 is 25.4 Å². The molecular formula is C36H31FN6O8S. The summed E-state index contributed by atoms with van der Waals surface area (Å²) in [6.07, 6.45) is 1.79. The Bertz CT molecular complexity index is 2560. The van der Waals surface area contributed by atoms with Crippen LogP contribution in [-0.4, -0.2) is 52.8 Å². The van der Waals surface area contributed by atoms with E-state index < -0.39 is 51.9 Å². The number of phenolic OH excluding ortho intramolecular Hbond substituents is 1. The van der Waals surface area contributed by atoms with Crippen LogP contribution >= 0.6 is 0 Å². The average molecular weight is 727 g/mol. The predicted octanol–water partition coefficient (Wildman–Crippen LogP) is 2.98. The molecule has 2 aliphatic heterocycles. The number of fused-ring (bicyclic) bond motifs is 2. The van der Waals surface area contributed by atoms with Gasteiger partial charge in [-0.3, -0.25) is 33.6 Å². The van der Waals surface area contributed by atoms with Crippen LogP contribution in [0.1, 0.15) is 30.9 Å². The first kappa shape index (κ1) is 33.1. The zero-order valence-electron chi connectivity index (χ0n) is 27.6. The van der Waals surface area contributed by atoms with E-state index in [1.165, 1.54) is 33.4 Å². The highest BCUT2D eigenvalue weighted by Gasteiger charge is 2.43. The number of anilines is 2. The van der Waals surface area contributed by atoms with Gasteiger partial charge in [0.25, 0.3) is 5.91 Å². The van der Waals surface area contributed by atoms with Gasteiger partial charge in [-0.15, -0.1) is 0 Å². The minimum Gasteiger partial charge on any atom is -0.506 e. The van der Waals surface area contributed by atoms with E-state index in [0.717, 1.165) is 16.7 Å². The molecule has 3 heterocycles. The smallest absolute Gasteiger partial charge is 0.329 e. The van der Waals surface area contributed by atoms with Crippen LogP contribution in [0.3, 0.4) is 0 Å². The summed E-state index contributed by atoms with van der Waals surface area (Å²) in [7, 11) is -2.69. The maximum absolute atomic E-state index is 15.4. The van der Waals surface area contributed by atoms with Gasteiger partial charge in [-0.1, -0.05) is 30.3 Å². The van der Waals surface area contributed by atoms with E-state index in [1.54, 1.807) is 11.8 Å². The number of aryl methyl sites for hydroxylation is 1. The maximum atomic E-state index is 15.4. The van der Waals surface area contributed by atoms with Gasteiger partial charge in [-0.25, -0.2) is 18.2 Å². The normalized spacial score (nSPS) is 21.0. The van der Waals surface area contributed by atoms with E-state index in [4.69, 9.17) is 0 Å². The lowest BCUT2D eigenvalue weighted by Gasteiger charge is -2.21. The minimum atomic E-state index is -4.34. The minimum absolute atomic E-state index is 0.00249. The molecule has 4 aromatic carbocycles. The van der Waals surface area contributed by atoms with Crippen molar-refractivity contribution in [3.8, 4) is 16.9 Å². The third kappa shape index (κ3) is 5.64. The maximum Gasteiger partial charge on any atom is 0.329 e. The molecule has 1 saturated carbocycles. The number of aromatic hydroxyl groups is 1. The van der Waals surface area contributed by atoms with Crippen LogP contribution in [0.4, 0.5) is 15.8 Å². The lowest BCUT2D eigenvalue weighted by atomic mass is 10.0. The number of hydrogen-bond donors (Lipinski definition) is 4. The number of benzene rings is 4. The molecule has 2 saturated heterocycles. The van der Waals surface area contributed by atoms with Crippen molar-refractivity contribution in [2.75, 3.05) is 16.2 Å². The van der Waals surface area contributed by atoms with Gasteiger partial charge in [-0.05, 0) is 83.7 Å². The monoisotopic (exact) mass is 726 g/mol. The lowest BCUT2D eigenvalue weighted by molar-refractivity contribution is -0.135. The zero-order chi connectivity index (χ0) is 36.6. The molecule has 4 amide bonds. The quantitative estimate of drug-likeness (QED) is 0.184. The second kappa shape index (κ2) is 12.0. The number of carbonyl (C=O) groups excluding carboxylic acids is 4. The first-order chi connectivity index (χ1) is 24.8. The van der Waals surface area contributed by atoms with Crippen molar-refractivity contribution in [3.63, 3.8) is 0 Å². The van der Waals surface area contributed by atoms with Crippen molar-refractivity contribution < 1.29 is 37.1 Å². The highest BCUT2D eigenvalue weighted by Crippen LogP contribution is 2.43. The molecule has 3 fully saturated rings. The Kier molecular flexibility index (Phi) is 7.67. The van der Waals surface area contributed by atoms with E-state index in [1.807, 2.05) is 42.5 Å². The van der Waals surface area contributed by atoms with E-state index in [2.05, 4.69) is 10.6 Å². The molecule has 16 heteroatoms. The summed E-state index contributed by atoms with van der Waals surface area (Å²) in [5.41, 5.74) is 3.53. The van der Waals surface area contributed by atoms with Crippen molar-refractivity contribution >= 4 is 67.0 Å². The number of nitrogens with one attached hydrogen (secondary N) is 3. The number of hydrogen-bond acceptors (Lipinski definition) is 8. The Balaban J connectivity index is 0.927.